The third-order valence-electron chi connectivity index (χ3n) is 2.99. The van der Waals surface area contributed by atoms with Crippen molar-refractivity contribution in [2.24, 2.45) is 0 Å². The summed E-state index contributed by atoms with van der Waals surface area (Å²) in [4.78, 5) is 20.3. The summed E-state index contributed by atoms with van der Waals surface area (Å²) in [5, 5.41) is 3.50. The van der Waals surface area contributed by atoms with Gasteiger partial charge in [-0.05, 0) is 19.4 Å². The van der Waals surface area contributed by atoms with Gasteiger partial charge in [0, 0.05) is 19.1 Å². The molecule has 0 aromatic carbocycles. The van der Waals surface area contributed by atoms with Crippen LogP contribution in [0.5, 0.6) is 0 Å². The van der Waals surface area contributed by atoms with Crippen LogP contribution in [0, 0.1) is 0 Å². The van der Waals surface area contributed by atoms with Crippen molar-refractivity contribution in [2.75, 3.05) is 24.5 Å². The van der Waals surface area contributed by atoms with Crippen LogP contribution in [0.1, 0.15) is 19.8 Å². The van der Waals surface area contributed by atoms with E-state index in [1.165, 1.54) is 6.33 Å². The number of nitrogens with one attached hydrogen (secondary N) is 2. The van der Waals surface area contributed by atoms with E-state index in [0.717, 1.165) is 32.5 Å². The molecule has 0 bridgehead atoms. The molecule has 2 N–H and O–H groups in total. The monoisotopic (exact) mass is 256 g/mol. The normalized spacial score (nSPS) is 19.5. The zero-order valence-corrected chi connectivity index (χ0v) is 10.6. The first-order valence-electron chi connectivity index (χ1n) is 5.94. The van der Waals surface area contributed by atoms with Crippen LogP contribution < -0.4 is 15.8 Å². The van der Waals surface area contributed by atoms with Gasteiger partial charge in [0.2, 0.25) is 0 Å². The van der Waals surface area contributed by atoms with Gasteiger partial charge in [-0.1, -0.05) is 18.5 Å². The first-order valence-corrected chi connectivity index (χ1v) is 6.32. The van der Waals surface area contributed by atoms with E-state index in [1.54, 1.807) is 0 Å². The Kier molecular flexibility index (Phi) is 4.02. The Balaban J connectivity index is 2.31. The molecule has 0 spiro atoms. The molecule has 1 aliphatic heterocycles. The van der Waals surface area contributed by atoms with E-state index in [4.69, 9.17) is 11.6 Å². The van der Waals surface area contributed by atoms with Crippen molar-refractivity contribution >= 4 is 17.4 Å². The summed E-state index contributed by atoms with van der Waals surface area (Å²) in [6, 6.07) is 0.377. The molecule has 2 rings (SSSR count). The van der Waals surface area contributed by atoms with Crippen molar-refractivity contribution in [3.8, 4) is 0 Å². The van der Waals surface area contributed by atoms with Crippen molar-refractivity contribution in [2.45, 2.75) is 25.8 Å². The first kappa shape index (κ1) is 12.4. The lowest BCUT2D eigenvalue weighted by Gasteiger charge is -2.29. The number of halogens is 1. The quantitative estimate of drug-likeness (QED) is 0.844. The Hall–Kier alpha value is -1.07. The molecule has 0 amide bonds. The number of nitrogens with zero attached hydrogens (tertiary/aromatic N) is 2. The smallest absolute Gasteiger partial charge is 0.271 e. The SMILES string of the molecule is CCCN(c1nc[nH]c(=O)c1Cl)C1CCNC1. The number of H-pyrrole nitrogens is 1. The van der Waals surface area contributed by atoms with Crippen LogP contribution in [-0.2, 0) is 0 Å². The van der Waals surface area contributed by atoms with Crippen molar-refractivity contribution in [3.63, 3.8) is 0 Å². The van der Waals surface area contributed by atoms with Crippen molar-refractivity contribution in [3.05, 3.63) is 21.7 Å². The zero-order chi connectivity index (χ0) is 12.3. The van der Waals surface area contributed by atoms with Crippen LogP contribution in [0.15, 0.2) is 11.1 Å². The lowest BCUT2D eigenvalue weighted by molar-refractivity contribution is 0.617. The fourth-order valence-corrected chi connectivity index (χ4v) is 2.39. The molecule has 0 saturated carbocycles. The average Bonchev–Trinajstić information content (AvgIpc) is 2.84. The number of aromatic amines is 1. The summed E-state index contributed by atoms with van der Waals surface area (Å²) in [5.41, 5.74) is -0.274. The van der Waals surface area contributed by atoms with E-state index in [2.05, 4.69) is 27.1 Å². The van der Waals surface area contributed by atoms with Crippen LogP contribution >= 0.6 is 11.6 Å². The second-order valence-corrected chi connectivity index (χ2v) is 4.59. The van der Waals surface area contributed by atoms with Gasteiger partial charge in [-0.3, -0.25) is 4.79 Å². The predicted octanol–water partition coefficient (Wildman–Crippen LogP) is 1.00. The van der Waals surface area contributed by atoms with Gasteiger partial charge in [0.15, 0.2) is 5.82 Å². The molecule has 1 aliphatic rings. The standard InChI is InChI=1S/C11H17ClN4O/c1-2-5-16(8-3-4-13-6-8)10-9(12)11(17)15-7-14-10/h7-8,13H,2-6H2,1H3,(H,14,15,17). The number of hydrogen-bond acceptors (Lipinski definition) is 4. The van der Waals surface area contributed by atoms with Gasteiger partial charge in [0.25, 0.3) is 5.56 Å². The van der Waals surface area contributed by atoms with Crippen LogP contribution in [0.2, 0.25) is 5.02 Å². The van der Waals surface area contributed by atoms with Crippen molar-refractivity contribution < 1.29 is 0 Å². The highest BCUT2D eigenvalue weighted by Gasteiger charge is 2.25. The Labute approximate surface area is 105 Å². The number of hydrogen-bond donors (Lipinski definition) is 2. The molecule has 1 saturated heterocycles. The molecular formula is C11H17ClN4O. The highest BCUT2D eigenvalue weighted by Crippen LogP contribution is 2.23. The van der Waals surface area contributed by atoms with E-state index in [0.29, 0.717) is 11.9 Å². The Bertz CT molecular complexity index is 428. The lowest BCUT2D eigenvalue weighted by Crippen LogP contribution is -2.39. The van der Waals surface area contributed by atoms with E-state index in [9.17, 15) is 4.79 Å². The molecule has 94 valence electrons. The van der Waals surface area contributed by atoms with E-state index >= 15 is 0 Å². The maximum absolute atomic E-state index is 11.5. The second-order valence-electron chi connectivity index (χ2n) is 4.21. The number of aromatic nitrogens is 2. The molecule has 1 aromatic rings. The molecule has 1 aromatic heterocycles. The van der Waals surface area contributed by atoms with Gasteiger partial charge < -0.3 is 15.2 Å². The van der Waals surface area contributed by atoms with Gasteiger partial charge in [0.1, 0.15) is 5.02 Å². The molecule has 0 radical (unpaired) electrons. The third-order valence-corrected chi connectivity index (χ3v) is 3.33. The molecule has 0 aliphatic carbocycles. The van der Waals surface area contributed by atoms with Crippen LogP contribution in [0.25, 0.3) is 0 Å². The Morgan fingerprint density at radius 2 is 2.47 bits per heavy atom. The zero-order valence-electron chi connectivity index (χ0n) is 9.87. The molecule has 1 fully saturated rings. The first-order chi connectivity index (χ1) is 8.24. The largest absolute Gasteiger partial charge is 0.351 e. The minimum absolute atomic E-state index is 0.188. The molecule has 17 heavy (non-hydrogen) atoms. The summed E-state index contributed by atoms with van der Waals surface area (Å²) in [6.07, 6.45) is 3.47. The van der Waals surface area contributed by atoms with Gasteiger partial charge in [-0.15, -0.1) is 0 Å². The van der Waals surface area contributed by atoms with Crippen LogP contribution in [0.3, 0.4) is 0 Å². The summed E-state index contributed by atoms with van der Waals surface area (Å²) in [5.74, 6) is 0.603. The third kappa shape index (κ3) is 2.61. The minimum atomic E-state index is -0.274. The van der Waals surface area contributed by atoms with Gasteiger partial charge in [-0.25, -0.2) is 4.98 Å². The van der Waals surface area contributed by atoms with Gasteiger partial charge >= 0.3 is 0 Å². The second kappa shape index (κ2) is 5.51. The fraction of sp³-hybridized carbons (Fsp3) is 0.636. The average molecular weight is 257 g/mol. The minimum Gasteiger partial charge on any atom is -0.351 e. The van der Waals surface area contributed by atoms with E-state index in [1.807, 2.05) is 0 Å². The Morgan fingerprint density at radius 1 is 1.65 bits per heavy atom. The van der Waals surface area contributed by atoms with Crippen LogP contribution in [0.4, 0.5) is 5.82 Å². The van der Waals surface area contributed by atoms with E-state index in [-0.39, 0.29) is 10.6 Å². The highest BCUT2D eigenvalue weighted by atomic mass is 35.5. The molecule has 1 unspecified atom stereocenters. The Morgan fingerprint density at radius 3 is 3.12 bits per heavy atom. The van der Waals surface area contributed by atoms with Crippen molar-refractivity contribution in [1.29, 1.82) is 0 Å². The highest BCUT2D eigenvalue weighted by molar-refractivity contribution is 6.32. The molecule has 5 nitrogen and oxygen atoms in total. The molecule has 1 atom stereocenters. The fourth-order valence-electron chi connectivity index (χ4n) is 2.18. The van der Waals surface area contributed by atoms with Gasteiger partial charge in [0.05, 0.1) is 6.33 Å². The maximum atomic E-state index is 11.5. The number of anilines is 1. The van der Waals surface area contributed by atoms with Gasteiger partial charge in [-0.2, -0.15) is 0 Å². The molecule has 2 heterocycles. The van der Waals surface area contributed by atoms with Crippen molar-refractivity contribution in [1.82, 2.24) is 15.3 Å². The van der Waals surface area contributed by atoms with Crippen LogP contribution in [-0.4, -0.2) is 35.6 Å². The lowest BCUT2D eigenvalue weighted by atomic mass is 10.2. The summed E-state index contributed by atoms with van der Waals surface area (Å²) < 4.78 is 0. The van der Waals surface area contributed by atoms with E-state index < -0.39 is 0 Å². The topological polar surface area (TPSA) is 61.0 Å². The summed E-state index contributed by atoms with van der Waals surface area (Å²) >= 11 is 6.03. The number of rotatable bonds is 4. The summed E-state index contributed by atoms with van der Waals surface area (Å²) in [7, 11) is 0. The maximum Gasteiger partial charge on any atom is 0.271 e. The predicted molar refractivity (Wildman–Crippen MR) is 68.8 cm³/mol. The summed E-state index contributed by atoms with van der Waals surface area (Å²) in [6.45, 7) is 4.90. The molecular weight excluding hydrogens is 240 g/mol. The molecule has 6 heteroatoms.